The van der Waals surface area contributed by atoms with E-state index >= 15 is 0 Å². The highest BCUT2D eigenvalue weighted by atomic mass is 19.1. The van der Waals surface area contributed by atoms with Gasteiger partial charge in [-0.1, -0.05) is 18.2 Å². The lowest BCUT2D eigenvalue weighted by Gasteiger charge is -2.17. The average Bonchev–Trinajstić information content (AvgIpc) is 2.72. The van der Waals surface area contributed by atoms with Crippen LogP contribution in [0.25, 0.3) is 0 Å². The zero-order chi connectivity index (χ0) is 14.0. The maximum atomic E-state index is 13.5. The van der Waals surface area contributed by atoms with Gasteiger partial charge < -0.3 is 4.90 Å². The molecule has 1 aromatic heterocycles. The van der Waals surface area contributed by atoms with E-state index in [2.05, 4.69) is 5.10 Å². The van der Waals surface area contributed by atoms with Gasteiger partial charge in [-0.05, 0) is 13.0 Å². The molecule has 0 atom stereocenters. The fourth-order valence-corrected chi connectivity index (χ4v) is 1.87. The van der Waals surface area contributed by atoms with Crippen molar-refractivity contribution in [1.82, 2.24) is 14.7 Å². The van der Waals surface area contributed by atoms with Gasteiger partial charge in [-0.3, -0.25) is 9.48 Å². The van der Waals surface area contributed by atoms with Crippen LogP contribution in [0.2, 0.25) is 0 Å². The van der Waals surface area contributed by atoms with Gasteiger partial charge in [0, 0.05) is 31.9 Å². The van der Waals surface area contributed by atoms with Crippen molar-refractivity contribution in [2.24, 2.45) is 7.05 Å². The summed E-state index contributed by atoms with van der Waals surface area (Å²) in [4.78, 5) is 13.7. The van der Waals surface area contributed by atoms with E-state index in [1.807, 2.05) is 6.92 Å². The van der Waals surface area contributed by atoms with Crippen LogP contribution in [0.5, 0.6) is 0 Å². The summed E-state index contributed by atoms with van der Waals surface area (Å²) < 4.78 is 15.2. The summed E-state index contributed by atoms with van der Waals surface area (Å²) in [5, 5.41) is 4.04. The molecule has 2 aromatic rings. The summed E-state index contributed by atoms with van der Waals surface area (Å²) in [5.74, 6) is -0.459. The number of aryl methyl sites for hydroxylation is 1. The van der Waals surface area contributed by atoms with E-state index in [1.54, 1.807) is 37.0 Å². The third-order valence-corrected chi connectivity index (χ3v) is 3.18. The minimum absolute atomic E-state index is 0.158. The number of benzene rings is 1. The first-order chi connectivity index (χ1) is 9.00. The van der Waals surface area contributed by atoms with Crippen LogP contribution in [0.4, 0.5) is 4.39 Å². The number of hydrogen-bond donors (Lipinski definition) is 0. The molecule has 1 heterocycles. The predicted octanol–water partition coefficient (Wildman–Crippen LogP) is 2.14. The van der Waals surface area contributed by atoms with Gasteiger partial charge >= 0.3 is 0 Å². The number of hydrogen-bond acceptors (Lipinski definition) is 2. The molecule has 2 rings (SSSR count). The molecule has 1 aromatic carbocycles. The molecule has 0 N–H and O–H groups in total. The highest BCUT2D eigenvalue weighted by Crippen LogP contribution is 2.13. The second-order valence-corrected chi connectivity index (χ2v) is 4.52. The zero-order valence-electron chi connectivity index (χ0n) is 11.2. The molecule has 0 bridgehead atoms. The van der Waals surface area contributed by atoms with Crippen LogP contribution in [0.3, 0.4) is 0 Å². The van der Waals surface area contributed by atoms with Crippen molar-refractivity contribution in [3.05, 3.63) is 53.1 Å². The SMILES string of the molecule is Cc1c(C(=O)N(C)Cc2ccccc2F)cnn1C. The average molecular weight is 261 g/mol. The molecule has 0 radical (unpaired) electrons. The monoisotopic (exact) mass is 261 g/mol. The first kappa shape index (κ1) is 13.3. The summed E-state index contributed by atoms with van der Waals surface area (Å²) in [6.07, 6.45) is 1.54. The van der Waals surface area contributed by atoms with Gasteiger partial charge in [0.2, 0.25) is 0 Å². The van der Waals surface area contributed by atoms with Crippen molar-refractivity contribution in [2.75, 3.05) is 7.05 Å². The maximum absolute atomic E-state index is 13.5. The van der Waals surface area contributed by atoms with Crippen molar-refractivity contribution in [3.8, 4) is 0 Å². The summed E-state index contributed by atoms with van der Waals surface area (Å²) in [7, 11) is 3.43. The van der Waals surface area contributed by atoms with E-state index in [0.29, 0.717) is 11.1 Å². The molecule has 0 aliphatic heterocycles. The fraction of sp³-hybridized carbons (Fsp3) is 0.286. The van der Waals surface area contributed by atoms with Crippen LogP contribution in [0.1, 0.15) is 21.6 Å². The minimum atomic E-state index is -0.301. The van der Waals surface area contributed by atoms with Crippen LogP contribution < -0.4 is 0 Å². The first-order valence-electron chi connectivity index (χ1n) is 5.98. The molecule has 0 aliphatic rings. The number of aromatic nitrogens is 2. The Balaban J connectivity index is 2.17. The van der Waals surface area contributed by atoms with Crippen molar-refractivity contribution in [2.45, 2.75) is 13.5 Å². The van der Waals surface area contributed by atoms with E-state index in [4.69, 9.17) is 0 Å². The van der Waals surface area contributed by atoms with Gasteiger partial charge in [0.15, 0.2) is 0 Å². The van der Waals surface area contributed by atoms with Crippen LogP contribution in [0, 0.1) is 12.7 Å². The summed E-state index contributed by atoms with van der Waals surface area (Å²) in [6.45, 7) is 2.07. The molecule has 1 amide bonds. The van der Waals surface area contributed by atoms with E-state index in [-0.39, 0.29) is 18.3 Å². The lowest BCUT2D eigenvalue weighted by Crippen LogP contribution is -2.27. The molecular formula is C14H16FN3O. The Morgan fingerprint density at radius 3 is 2.68 bits per heavy atom. The van der Waals surface area contributed by atoms with Crippen molar-refractivity contribution < 1.29 is 9.18 Å². The van der Waals surface area contributed by atoms with Gasteiger partial charge in [0.25, 0.3) is 5.91 Å². The number of amides is 1. The molecule has 19 heavy (non-hydrogen) atoms. The number of rotatable bonds is 3. The largest absolute Gasteiger partial charge is 0.337 e. The third kappa shape index (κ3) is 2.65. The summed E-state index contributed by atoms with van der Waals surface area (Å²) in [6, 6.07) is 6.45. The van der Waals surface area contributed by atoms with Gasteiger partial charge in [0.05, 0.1) is 11.8 Å². The molecule has 100 valence electrons. The Bertz CT molecular complexity index is 606. The third-order valence-electron chi connectivity index (χ3n) is 3.18. The van der Waals surface area contributed by atoms with Crippen molar-refractivity contribution >= 4 is 5.91 Å². The molecule has 4 nitrogen and oxygen atoms in total. The zero-order valence-corrected chi connectivity index (χ0v) is 11.2. The van der Waals surface area contributed by atoms with Crippen LogP contribution in [-0.2, 0) is 13.6 Å². The van der Waals surface area contributed by atoms with E-state index < -0.39 is 0 Å². The molecule has 0 saturated carbocycles. The smallest absolute Gasteiger partial charge is 0.257 e. The van der Waals surface area contributed by atoms with Crippen LogP contribution >= 0.6 is 0 Å². The Hall–Kier alpha value is -2.17. The molecule has 0 unspecified atom stereocenters. The van der Waals surface area contributed by atoms with E-state index in [9.17, 15) is 9.18 Å². The molecule has 0 spiro atoms. The first-order valence-corrected chi connectivity index (χ1v) is 5.98. The Kier molecular flexibility index (Phi) is 3.64. The second-order valence-electron chi connectivity index (χ2n) is 4.52. The summed E-state index contributed by atoms with van der Waals surface area (Å²) >= 11 is 0. The standard InChI is InChI=1S/C14H16FN3O/c1-10-12(8-16-18(10)3)14(19)17(2)9-11-6-4-5-7-13(11)15/h4-8H,9H2,1-3H3. The normalized spacial score (nSPS) is 10.5. The molecule has 0 fully saturated rings. The van der Waals surface area contributed by atoms with E-state index in [1.165, 1.54) is 17.2 Å². The highest BCUT2D eigenvalue weighted by Gasteiger charge is 2.18. The lowest BCUT2D eigenvalue weighted by atomic mass is 10.2. The Morgan fingerprint density at radius 2 is 2.11 bits per heavy atom. The maximum Gasteiger partial charge on any atom is 0.257 e. The molecular weight excluding hydrogens is 245 g/mol. The second kappa shape index (κ2) is 5.22. The number of halogens is 1. The van der Waals surface area contributed by atoms with Gasteiger partial charge in [0.1, 0.15) is 5.82 Å². The molecule has 5 heteroatoms. The predicted molar refractivity (Wildman–Crippen MR) is 70.1 cm³/mol. The number of carbonyl (C=O) groups excluding carboxylic acids is 1. The van der Waals surface area contributed by atoms with Crippen LogP contribution in [0.15, 0.2) is 30.5 Å². The van der Waals surface area contributed by atoms with Gasteiger partial charge in [-0.25, -0.2) is 4.39 Å². The van der Waals surface area contributed by atoms with Crippen molar-refractivity contribution in [1.29, 1.82) is 0 Å². The van der Waals surface area contributed by atoms with Crippen LogP contribution in [-0.4, -0.2) is 27.6 Å². The quantitative estimate of drug-likeness (QED) is 0.849. The topological polar surface area (TPSA) is 38.1 Å². The van der Waals surface area contributed by atoms with Gasteiger partial charge in [-0.2, -0.15) is 5.10 Å². The molecule has 0 aliphatic carbocycles. The minimum Gasteiger partial charge on any atom is -0.337 e. The van der Waals surface area contributed by atoms with Gasteiger partial charge in [-0.15, -0.1) is 0 Å². The Morgan fingerprint density at radius 1 is 1.42 bits per heavy atom. The lowest BCUT2D eigenvalue weighted by molar-refractivity contribution is 0.0783. The number of nitrogens with zero attached hydrogens (tertiary/aromatic N) is 3. The summed E-state index contributed by atoms with van der Waals surface area (Å²) in [5.41, 5.74) is 1.84. The highest BCUT2D eigenvalue weighted by molar-refractivity contribution is 5.94. The molecule has 0 saturated heterocycles. The Labute approximate surface area is 111 Å². The van der Waals surface area contributed by atoms with E-state index in [0.717, 1.165) is 5.69 Å². The fourth-order valence-electron chi connectivity index (χ4n) is 1.87. The van der Waals surface area contributed by atoms with Crippen molar-refractivity contribution in [3.63, 3.8) is 0 Å². The number of carbonyl (C=O) groups is 1.